The van der Waals surface area contributed by atoms with Gasteiger partial charge in [0.15, 0.2) is 0 Å². The molecule has 2 rings (SSSR count). The van der Waals surface area contributed by atoms with Crippen molar-refractivity contribution in [3.05, 3.63) is 12.2 Å². The molecule has 0 aromatic carbocycles. The summed E-state index contributed by atoms with van der Waals surface area (Å²) in [5.74, 6) is 1.22. The highest BCUT2D eigenvalue weighted by atomic mass is 16.2. The summed E-state index contributed by atoms with van der Waals surface area (Å²) in [7, 11) is 0. The number of carbonyl (C=O) groups is 1. The summed E-state index contributed by atoms with van der Waals surface area (Å²) in [6.07, 6.45) is 9.52. The van der Waals surface area contributed by atoms with Crippen LogP contribution in [0.5, 0.6) is 0 Å². The zero-order valence-corrected chi connectivity index (χ0v) is 10.8. The average Bonchev–Trinajstić information content (AvgIpc) is 2.39. The first-order valence-electron chi connectivity index (χ1n) is 6.88. The van der Waals surface area contributed by atoms with Crippen molar-refractivity contribution < 1.29 is 4.79 Å². The quantitative estimate of drug-likeness (QED) is 0.745. The highest BCUT2D eigenvalue weighted by Crippen LogP contribution is 2.25. The van der Waals surface area contributed by atoms with Crippen molar-refractivity contribution in [3.8, 4) is 0 Å². The fourth-order valence-electron chi connectivity index (χ4n) is 2.92. The number of rotatable bonds is 2. The van der Waals surface area contributed by atoms with Crippen molar-refractivity contribution in [1.82, 2.24) is 4.90 Å². The van der Waals surface area contributed by atoms with Gasteiger partial charge in [-0.15, -0.1) is 0 Å². The molecule has 0 bridgehead atoms. The number of piperidine rings is 1. The van der Waals surface area contributed by atoms with E-state index in [2.05, 4.69) is 24.0 Å². The Kier molecular flexibility index (Phi) is 4.21. The summed E-state index contributed by atoms with van der Waals surface area (Å²) in [4.78, 5) is 14.3. The third-order valence-electron chi connectivity index (χ3n) is 4.21. The standard InChI is InChI=1S/C14H24N2O/c1-11(15)12-7-9-16(10-8-12)14(17)13-5-3-2-4-6-13/h2-3,11-13H,4-10,15H2,1H3. The molecule has 2 atom stereocenters. The number of hydrogen-bond donors (Lipinski definition) is 1. The molecule has 0 aromatic rings. The molecule has 1 heterocycles. The Hall–Kier alpha value is -0.830. The van der Waals surface area contributed by atoms with Crippen LogP contribution >= 0.6 is 0 Å². The Morgan fingerprint density at radius 3 is 2.53 bits per heavy atom. The van der Waals surface area contributed by atoms with Crippen LogP contribution in [-0.4, -0.2) is 29.9 Å². The topological polar surface area (TPSA) is 46.3 Å². The second-order valence-corrected chi connectivity index (χ2v) is 5.50. The largest absolute Gasteiger partial charge is 0.342 e. The summed E-state index contributed by atoms with van der Waals surface area (Å²) in [6.45, 7) is 3.89. The van der Waals surface area contributed by atoms with Gasteiger partial charge in [0.25, 0.3) is 0 Å². The fourth-order valence-corrected chi connectivity index (χ4v) is 2.92. The number of nitrogens with zero attached hydrogens (tertiary/aromatic N) is 1. The highest BCUT2D eigenvalue weighted by Gasteiger charge is 2.28. The SMILES string of the molecule is CC(N)C1CCN(C(=O)C2CC=CCC2)CC1. The zero-order valence-electron chi connectivity index (χ0n) is 10.8. The van der Waals surface area contributed by atoms with Gasteiger partial charge in [0, 0.05) is 25.0 Å². The van der Waals surface area contributed by atoms with E-state index in [1.165, 1.54) is 0 Å². The monoisotopic (exact) mass is 236 g/mol. The molecular weight excluding hydrogens is 212 g/mol. The predicted octanol–water partition coefficient (Wildman–Crippen LogP) is 1.93. The van der Waals surface area contributed by atoms with Crippen molar-refractivity contribution in [2.45, 2.75) is 45.1 Å². The fraction of sp³-hybridized carbons (Fsp3) is 0.786. The van der Waals surface area contributed by atoms with Crippen molar-refractivity contribution in [3.63, 3.8) is 0 Å². The minimum Gasteiger partial charge on any atom is -0.342 e. The molecule has 1 aliphatic carbocycles. The van der Waals surface area contributed by atoms with Crippen LogP contribution in [0.15, 0.2) is 12.2 Å². The van der Waals surface area contributed by atoms with E-state index in [1.807, 2.05) is 0 Å². The van der Waals surface area contributed by atoms with Crippen molar-refractivity contribution >= 4 is 5.91 Å². The smallest absolute Gasteiger partial charge is 0.226 e. The van der Waals surface area contributed by atoms with Crippen molar-refractivity contribution in [2.75, 3.05) is 13.1 Å². The average molecular weight is 236 g/mol. The molecule has 2 unspecified atom stereocenters. The second-order valence-electron chi connectivity index (χ2n) is 5.50. The van der Waals surface area contributed by atoms with E-state index < -0.39 is 0 Å². The number of allylic oxidation sites excluding steroid dienone is 2. The number of hydrogen-bond acceptors (Lipinski definition) is 2. The minimum absolute atomic E-state index is 0.242. The lowest BCUT2D eigenvalue weighted by Gasteiger charge is -2.35. The first kappa shape index (κ1) is 12.6. The van der Waals surface area contributed by atoms with E-state index in [-0.39, 0.29) is 12.0 Å². The maximum atomic E-state index is 12.3. The third kappa shape index (κ3) is 3.09. The first-order valence-corrected chi connectivity index (χ1v) is 6.88. The van der Waals surface area contributed by atoms with E-state index in [4.69, 9.17) is 5.73 Å². The maximum absolute atomic E-state index is 12.3. The molecule has 17 heavy (non-hydrogen) atoms. The molecule has 0 radical (unpaired) electrons. The van der Waals surface area contributed by atoms with Gasteiger partial charge >= 0.3 is 0 Å². The van der Waals surface area contributed by atoms with Crippen molar-refractivity contribution in [2.24, 2.45) is 17.6 Å². The van der Waals surface area contributed by atoms with Crippen LogP contribution in [0.1, 0.15) is 39.0 Å². The van der Waals surface area contributed by atoms with Gasteiger partial charge < -0.3 is 10.6 Å². The Morgan fingerprint density at radius 1 is 1.29 bits per heavy atom. The highest BCUT2D eigenvalue weighted by molar-refractivity contribution is 5.79. The number of carbonyl (C=O) groups excluding carboxylic acids is 1. The van der Waals surface area contributed by atoms with E-state index in [0.29, 0.717) is 11.8 Å². The molecule has 3 nitrogen and oxygen atoms in total. The van der Waals surface area contributed by atoms with Crippen LogP contribution in [0.3, 0.4) is 0 Å². The van der Waals surface area contributed by atoms with Crippen LogP contribution in [0.2, 0.25) is 0 Å². The zero-order chi connectivity index (χ0) is 12.3. The van der Waals surface area contributed by atoms with Gasteiger partial charge in [0.1, 0.15) is 0 Å². The van der Waals surface area contributed by atoms with Gasteiger partial charge in [0.2, 0.25) is 5.91 Å². The van der Waals surface area contributed by atoms with E-state index in [9.17, 15) is 4.79 Å². The molecule has 0 saturated carbocycles. The molecule has 2 N–H and O–H groups in total. The summed E-state index contributed by atoms with van der Waals surface area (Å²) in [5.41, 5.74) is 5.92. The number of likely N-dealkylation sites (tertiary alicyclic amines) is 1. The summed E-state index contributed by atoms with van der Waals surface area (Å²) in [5, 5.41) is 0. The van der Waals surface area contributed by atoms with Gasteiger partial charge in [-0.25, -0.2) is 0 Å². The molecule has 2 aliphatic rings. The molecule has 1 aliphatic heterocycles. The van der Waals surface area contributed by atoms with Gasteiger partial charge in [-0.05, 0) is 44.9 Å². The normalized spacial score (nSPS) is 28.1. The lowest BCUT2D eigenvalue weighted by atomic mass is 9.88. The maximum Gasteiger partial charge on any atom is 0.226 e. The van der Waals surface area contributed by atoms with Crippen molar-refractivity contribution in [1.29, 1.82) is 0 Å². The van der Waals surface area contributed by atoms with Crippen LogP contribution in [0.4, 0.5) is 0 Å². The molecular formula is C14H24N2O. The second kappa shape index (κ2) is 5.67. The van der Waals surface area contributed by atoms with E-state index in [0.717, 1.165) is 45.2 Å². The lowest BCUT2D eigenvalue weighted by molar-refractivity contribution is -0.137. The van der Waals surface area contributed by atoms with Crippen LogP contribution in [-0.2, 0) is 4.79 Å². The van der Waals surface area contributed by atoms with Crippen LogP contribution in [0.25, 0.3) is 0 Å². The van der Waals surface area contributed by atoms with E-state index >= 15 is 0 Å². The summed E-state index contributed by atoms with van der Waals surface area (Å²) in [6, 6.07) is 0.268. The molecule has 0 spiro atoms. The van der Waals surface area contributed by atoms with E-state index in [1.54, 1.807) is 0 Å². The van der Waals surface area contributed by atoms with Gasteiger partial charge in [0.05, 0.1) is 0 Å². The number of nitrogens with two attached hydrogens (primary N) is 1. The first-order chi connectivity index (χ1) is 8.18. The van der Waals surface area contributed by atoms with Gasteiger partial charge in [-0.3, -0.25) is 4.79 Å². The Balaban J connectivity index is 1.83. The van der Waals surface area contributed by atoms with Crippen LogP contribution < -0.4 is 5.73 Å². The molecule has 1 saturated heterocycles. The Morgan fingerprint density at radius 2 is 2.00 bits per heavy atom. The van der Waals surface area contributed by atoms with Gasteiger partial charge in [-0.1, -0.05) is 12.2 Å². The summed E-state index contributed by atoms with van der Waals surface area (Å²) >= 11 is 0. The van der Waals surface area contributed by atoms with Gasteiger partial charge in [-0.2, -0.15) is 0 Å². The molecule has 96 valence electrons. The predicted molar refractivity (Wildman–Crippen MR) is 69.4 cm³/mol. The molecule has 1 fully saturated rings. The lowest BCUT2D eigenvalue weighted by Crippen LogP contribution is -2.44. The Bertz CT molecular complexity index is 291. The van der Waals surface area contributed by atoms with Crippen LogP contribution in [0, 0.1) is 11.8 Å². The minimum atomic E-state index is 0.242. The molecule has 1 amide bonds. The molecule has 0 aromatic heterocycles. The Labute approximate surface area is 104 Å². The number of amides is 1. The third-order valence-corrected chi connectivity index (χ3v) is 4.21. The summed E-state index contributed by atoms with van der Waals surface area (Å²) < 4.78 is 0. The molecule has 3 heteroatoms.